The molecule has 1 aliphatic carbocycles. The van der Waals surface area contributed by atoms with E-state index in [9.17, 15) is 4.79 Å². The van der Waals surface area contributed by atoms with Crippen LogP contribution < -0.4 is 0 Å². The zero-order valence-electron chi connectivity index (χ0n) is 14.4. The van der Waals surface area contributed by atoms with Crippen molar-refractivity contribution in [2.45, 2.75) is 44.6 Å². The molecule has 4 nitrogen and oxygen atoms in total. The Labute approximate surface area is 153 Å². The van der Waals surface area contributed by atoms with E-state index in [4.69, 9.17) is 11.6 Å². The van der Waals surface area contributed by atoms with Gasteiger partial charge in [0.15, 0.2) is 0 Å². The van der Waals surface area contributed by atoms with Gasteiger partial charge in [0, 0.05) is 43.0 Å². The van der Waals surface area contributed by atoms with E-state index in [0.717, 1.165) is 49.8 Å². The van der Waals surface area contributed by atoms with Gasteiger partial charge in [-0.25, -0.2) is 4.98 Å². The van der Waals surface area contributed by atoms with E-state index in [1.807, 2.05) is 35.4 Å². The number of amides is 1. The largest absolute Gasteiger partial charge is 0.342 e. The van der Waals surface area contributed by atoms with Crippen LogP contribution in [0.2, 0.25) is 5.02 Å². The van der Waals surface area contributed by atoms with Crippen molar-refractivity contribution < 1.29 is 4.79 Å². The van der Waals surface area contributed by atoms with Crippen molar-refractivity contribution >= 4 is 17.5 Å². The first kappa shape index (κ1) is 16.6. The molecule has 0 bridgehead atoms. The van der Waals surface area contributed by atoms with Crippen LogP contribution in [0.25, 0.3) is 0 Å². The molecule has 2 aromatic rings. The lowest BCUT2D eigenvalue weighted by Gasteiger charge is -2.33. The molecule has 2 fully saturated rings. The molecule has 2 aliphatic rings. The molecule has 0 radical (unpaired) electrons. The molecule has 1 saturated heterocycles. The smallest absolute Gasteiger partial charge is 0.227 e. The van der Waals surface area contributed by atoms with Gasteiger partial charge in [-0.05, 0) is 43.2 Å². The van der Waals surface area contributed by atoms with Crippen molar-refractivity contribution in [3.63, 3.8) is 0 Å². The van der Waals surface area contributed by atoms with Gasteiger partial charge in [0.05, 0.1) is 6.42 Å². The fraction of sp³-hybridized carbons (Fsp3) is 0.500. The van der Waals surface area contributed by atoms with Crippen LogP contribution in [0.1, 0.15) is 43.0 Å². The van der Waals surface area contributed by atoms with E-state index in [1.165, 1.54) is 12.8 Å². The summed E-state index contributed by atoms with van der Waals surface area (Å²) in [6.45, 7) is 2.69. The second kappa shape index (κ2) is 7.20. The first-order chi connectivity index (χ1) is 12.2. The van der Waals surface area contributed by atoms with Crippen LogP contribution >= 0.6 is 11.6 Å². The van der Waals surface area contributed by atoms with E-state index in [-0.39, 0.29) is 5.91 Å². The number of hydrogen-bond acceptors (Lipinski definition) is 2. The molecule has 1 atom stereocenters. The fourth-order valence-electron chi connectivity index (χ4n) is 3.74. The Morgan fingerprint density at radius 2 is 2.08 bits per heavy atom. The highest BCUT2D eigenvalue weighted by molar-refractivity contribution is 6.31. The van der Waals surface area contributed by atoms with Crippen LogP contribution in [0.3, 0.4) is 0 Å². The molecule has 1 aliphatic heterocycles. The highest BCUT2D eigenvalue weighted by Gasteiger charge is 2.29. The van der Waals surface area contributed by atoms with Crippen LogP contribution in [0.15, 0.2) is 36.7 Å². The molecule has 0 unspecified atom stereocenters. The van der Waals surface area contributed by atoms with Crippen molar-refractivity contribution in [1.82, 2.24) is 14.5 Å². The summed E-state index contributed by atoms with van der Waals surface area (Å²) in [5, 5.41) is 0.671. The zero-order chi connectivity index (χ0) is 17.2. The number of benzene rings is 1. The summed E-state index contributed by atoms with van der Waals surface area (Å²) < 4.78 is 2.31. The molecule has 1 amide bonds. The summed E-state index contributed by atoms with van der Waals surface area (Å²) in [5.74, 6) is 2.49. The summed E-state index contributed by atoms with van der Waals surface area (Å²) in [4.78, 5) is 19.4. The quantitative estimate of drug-likeness (QED) is 0.814. The van der Waals surface area contributed by atoms with E-state index < -0.39 is 0 Å². The Hall–Kier alpha value is -1.81. The van der Waals surface area contributed by atoms with Crippen LogP contribution in [-0.4, -0.2) is 33.4 Å². The van der Waals surface area contributed by atoms with Crippen molar-refractivity contribution in [1.29, 1.82) is 0 Å². The summed E-state index contributed by atoms with van der Waals surface area (Å²) >= 11 is 6.21. The second-order valence-electron chi connectivity index (χ2n) is 7.33. The predicted octanol–water partition coefficient (Wildman–Crippen LogP) is 3.90. The third-order valence-corrected chi connectivity index (χ3v) is 5.71. The fourth-order valence-corrected chi connectivity index (χ4v) is 3.95. The van der Waals surface area contributed by atoms with Gasteiger partial charge < -0.3 is 9.47 Å². The molecule has 132 valence electrons. The summed E-state index contributed by atoms with van der Waals surface area (Å²) in [7, 11) is 0. The highest BCUT2D eigenvalue weighted by atomic mass is 35.5. The van der Waals surface area contributed by atoms with Gasteiger partial charge in [0.1, 0.15) is 5.82 Å². The first-order valence-electron chi connectivity index (χ1n) is 9.23. The number of carbonyl (C=O) groups excluding carboxylic acids is 1. The molecular weight excluding hydrogens is 334 g/mol. The van der Waals surface area contributed by atoms with Crippen molar-refractivity contribution in [3.05, 3.63) is 53.1 Å². The van der Waals surface area contributed by atoms with E-state index in [1.54, 1.807) is 0 Å². The summed E-state index contributed by atoms with van der Waals surface area (Å²) in [6, 6.07) is 7.61. The number of imidazole rings is 1. The second-order valence-corrected chi connectivity index (χ2v) is 7.74. The molecule has 1 aromatic carbocycles. The van der Waals surface area contributed by atoms with Gasteiger partial charge in [-0.15, -0.1) is 0 Å². The maximum atomic E-state index is 12.7. The maximum absolute atomic E-state index is 12.7. The first-order valence-corrected chi connectivity index (χ1v) is 9.60. The molecule has 0 spiro atoms. The van der Waals surface area contributed by atoms with E-state index in [0.29, 0.717) is 17.4 Å². The molecule has 0 N–H and O–H groups in total. The van der Waals surface area contributed by atoms with Crippen LogP contribution in [0.4, 0.5) is 0 Å². The zero-order valence-corrected chi connectivity index (χ0v) is 15.2. The third kappa shape index (κ3) is 3.90. The maximum Gasteiger partial charge on any atom is 0.227 e. The highest BCUT2D eigenvalue weighted by Crippen LogP contribution is 2.33. The van der Waals surface area contributed by atoms with Gasteiger partial charge in [0.2, 0.25) is 5.91 Å². The number of carbonyl (C=O) groups is 1. The molecule has 2 heterocycles. The Morgan fingerprint density at radius 3 is 2.88 bits per heavy atom. The number of likely N-dealkylation sites (tertiary alicyclic amines) is 1. The molecule has 1 saturated carbocycles. The Bertz CT molecular complexity index is 753. The predicted molar refractivity (Wildman–Crippen MR) is 98.7 cm³/mol. The standard InChI is InChI=1S/C20H24ClN3O/c21-18-6-2-1-4-16(18)12-19(25)23-10-3-5-17(14-23)20-22-9-11-24(20)13-15-7-8-15/h1-2,4,6,9,11,15,17H,3,5,7-8,10,12-14H2/t17-/m0/s1. The minimum atomic E-state index is 0.165. The van der Waals surface area contributed by atoms with Gasteiger partial charge >= 0.3 is 0 Å². The molecule has 5 heteroatoms. The number of aromatic nitrogens is 2. The summed E-state index contributed by atoms with van der Waals surface area (Å²) in [6.07, 6.45) is 9.20. The van der Waals surface area contributed by atoms with Crippen molar-refractivity contribution in [2.24, 2.45) is 5.92 Å². The van der Waals surface area contributed by atoms with Gasteiger partial charge in [0.25, 0.3) is 0 Å². The molecular formula is C20H24ClN3O. The number of piperidine rings is 1. The van der Waals surface area contributed by atoms with Gasteiger partial charge in [-0.3, -0.25) is 4.79 Å². The summed E-state index contributed by atoms with van der Waals surface area (Å²) in [5.41, 5.74) is 0.909. The molecule has 1 aromatic heterocycles. The van der Waals surface area contributed by atoms with Crippen molar-refractivity contribution in [3.8, 4) is 0 Å². The number of hydrogen-bond donors (Lipinski definition) is 0. The SMILES string of the molecule is O=C(Cc1ccccc1Cl)N1CCC[C@H](c2nccn2CC2CC2)C1. The van der Waals surface area contributed by atoms with Crippen LogP contribution in [0.5, 0.6) is 0 Å². The minimum absolute atomic E-state index is 0.165. The average molecular weight is 358 g/mol. The van der Waals surface area contributed by atoms with E-state index in [2.05, 4.69) is 15.7 Å². The lowest BCUT2D eigenvalue weighted by Crippen LogP contribution is -2.40. The average Bonchev–Trinajstić information content (AvgIpc) is 3.32. The number of halogens is 1. The third-order valence-electron chi connectivity index (χ3n) is 5.34. The van der Waals surface area contributed by atoms with Gasteiger partial charge in [-0.2, -0.15) is 0 Å². The molecule has 25 heavy (non-hydrogen) atoms. The van der Waals surface area contributed by atoms with Crippen LogP contribution in [-0.2, 0) is 17.8 Å². The molecule has 4 rings (SSSR count). The monoisotopic (exact) mass is 357 g/mol. The Morgan fingerprint density at radius 1 is 1.24 bits per heavy atom. The minimum Gasteiger partial charge on any atom is -0.342 e. The number of rotatable bonds is 5. The van der Waals surface area contributed by atoms with Crippen LogP contribution in [0, 0.1) is 5.92 Å². The van der Waals surface area contributed by atoms with Crippen molar-refractivity contribution in [2.75, 3.05) is 13.1 Å². The van der Waals surface area contributed by atoms with E-state index >= 15 is 0 Å². The topological polar surface area (TPSA) is 38.1 Å². The lowest BCUT2D eigenvalue weighted by molar-refractivity contribution is -0.131. The Kier molecular flexibility index (Phi) is 4.80. The Balaban J connectivity index is 1.43. The normalized spacial score (nSPS) is 20.7. The number of nitrogens with zero attached hydrogens (tertiary/aromatic N) is 3. The van der Waals surface area contributed by atoms with Gasteiger partial charge in [-0.1, -0.05) is 29.8 Å². The lowest BCUT2D eigenvalue weighted by atomic mass is 9.96.